The lowest BCUT2D eigenvalue weighted by molar-refractivity contribution is -0.0511. The van der Waals surface area contributed by atoms with Gasteiger partial charge in [0.2, 0.25) is 0 Å². The molecule has 1 aromatic carbocycles. The van der Waals surface area contributed by atoms with E-state index in [1.807, 2.05) is 18.2 Å². The Labute approximate surface area is 108 Å². The topological polar surface area (TPSA) is 50.7 Å². The molecule has 1 saturated carbocycles. The summed E-state index contributed by atoms with van der Waals surface area (Å²) >= 11 is 0. The highest BCUT2D eigenvalue weighted by Gasteiger charge is 2.47. The molecule has 1 aliphatic rings. The Kier molecular flexibility index (Phi) is 3.39. The third kappa shape index (κ3) is 2.12. The Bertz CT molecular complexity index is 431. The fourth-order valence-electron chi connectivity index (χ4n) is 2.26. The molecule has 0 heterocycles. The van der Waals surface area contributed by atoms with E-state index in [0.29, 0.717) is 0 Å². The second-order valence-corrected chi connectivity index (χ2v) is 5.34. The molecule has 18 heavy (non-hydrogen) atoms. The van der Waals surface area contributed by atoms with Gasteiger partial charge in [0.1, 0.15) is 11.5 Å². The van der Waals surface area contributed by atoms with Gasteiger partial charge >= 0.3 is 0 Å². The van der Waals surface area contributed by atoms with Gasteiger partial charge in [-0.3, -0.25) is 0 Å². The summed E-state index contributed by atoms with van der Waals surface area (Å²) in [6.07, 6.45) is 0.513. The first kappa shape index (κ1) is 13.0. The van der Waals surface area contributed by atoms with Crippen molar-refractivity contribution in [2.24, 2.45) is 5.41 Å². The van der Waals surface area contributed by atoms with Crippen LogP contribution in [0.4, 0.5) is 5.69 Å². The molecule has 0 aromatic heterocycles. The molecule has 1 aromatic rings. The third-order valence-electron chi connectivity index (χ3n) is 3.95. The standard InChI is InChI=1S/C14H21NO3/c1-14(2)12(8-13(14)16)15-10-7-9(17-3)5-6-11(10)18-4/h5-7,12-13,15-16H,8H2,1-4H3. The van der Waals surface area contributed by atoms with E-state index in [0.717, 1.165) is 23.6 Å². The average molecular weight is 251 g/mol. The summed E-state index contributed by atoms with van der Waals surface area (Å²) in [7, 11) is 3.29. The Morgan fingerprint density at radius 3 is 2.50 bits per heavy atom. The first-order valence-corrected chi connectivity index (χ1v) is 6.15. The highest BCUT2D eigenvalue weighted by Crippen LogP contribution is 2.43. The van der Waals surface area contributed by atoms with Gasteiger partial charge in [-0.2, -0.15) is 0 Å². The van der Waals surface area contributed by atoms with Crippen LogP contribution in [0.25, 0.3) is 0 Å². The van der Waals surface area contributed by atoms with Crippen LogP contribution in [0.5, 0.6) is 11.5 Å². The van der Waals surface area contributed by atoms with E-state index in [-0.39, 0.29) is 17.6 Å². The molecule has 0 saturated heterocycles. The summed E-state index contributed by atoms with van der Waals surface area (Å²) in [5.41, 5.74) is 0.787. The van der Waals surface area contributed by atoms with Gasteiger partial charge in [-0.1, -0.05) is 13.8 Å². The summed E-state index contributed by atoms with van der Waals surface area (Å²) < 4.78 is 10.5. The molecule has 0 aliphatic heterocycles. The van der Waals surface area contributed by atoms with E-state index in [1.54, 1.807) is 14.2 Å². The molecule has 2 unspecified atom stereocenters. The normalized spacial score (nSPS) is 25.2. The van der Waals surface area contributed by atoms with Crippen molar-refractivity contribution >= 4 is 5.69 Å². The predicted octanol–water partition coefficient (Wildman–Crippen LogP) is 2.28. The molecule has 0 amide bonds. The molecule has 0 bridgehead atoms. The van der Waals surface area contributed by atoms with Crippen LogP contribution >= 0.6 is 0 Å². The van der Waals surface area contributed by atoms with Crippen LogP contribution in [0.15, 0.2) is 18.2 Å². The minimum Gasteiger partial charge on any atom is -0.497 e. The summed E-state index contributed by atoms with van der Waals surface area (Å²) in [6.45, 7) is 4.12. The van der Waals surface area contributed by atoms with Crippen LogP contribution in [-0.4, -0.2) is 31.5 Å². The fourth-order valence-corrected chi connectivity index (χ4v) is 2.26. The van der Waals surface area contributed by atoms with Crippen LogP contribution in [0.3, 0.4) is 0 Å². The zero-order chi connectivity index (χ0) is 13.3. The number of nitrogens with one attached hydrogen (secondary N) is 1. The van der Waals surface area contributed by atoms with Crippen molar-refractivity contribution in [1.82, 2.24) is 0 Å². The monoisotopic (exact) mass is 251 g/mol. The van der Waals surface area contributed by atoms with Crippen LogP contribution in [-0.2, 0) is 0 Å². The maximum Gasteiger partial charge on any atom is 0.142 e. The number of hydrogen-bond acceptors (Lipinski definition) is 4. The number of ether oxygens (including phenoxy) is 2. The summed E-state index contributed by atoms with van der Waals surface area (Å²) in [6, 6.07) is 5.90. The highest BCUT2D eigenvalue weighted by molar-refractivity contribution is 5.60. The molecular formula is C14H21NO3. The number of aliphatic hydroxyl groups excluding tert-OH is 1. The minimum absolute atomic E-state index is 0.117. The van der Waals surface area contributed by atoms with Crippen LogP contribution < -0.4 is 14.8 Å². The van der Waals surface area contributed by atoms with Crippen LogP contribution in [0.1, 0.15) is 20.3 Å². The van der Waals surface area contributed by atoms with Gasteiger partial charge in [-0.25, -0.2) is 0 Å². The molecule has 0 radical (unpaired) electrons. The zero-order valence-corrected chi connectivity index (χ0v) is 11.4. The Hall–Kier alpha value is -1.42. The van der Waals surface area contributed by atoms with Crippen LogP contribution in [0.2, 0.25) is 0 Å². The van der Waals surface area contributed by atoms with Crippen molar-refractivity contribution in [2.45, 2.75) is 32.4 Å². The maximum absolute atomic E-state index is 9.76. The fraction of sp³-hybridized carbons (Fsp3) is 0.571. The zero-order valence-electron chi connectivity index (χ0n) is 11.4. The predicted molar refractivity (Wildman–Crippen MR) is 71.4 cm³/mol. The highest BCUT2D eigenvalue weighted by atomic mass is 16.5. The van der Waals surface area contributed by atoms with Gasteiger partial charge in [0.05, 0.1) is 26.0 Å². The number of hydrogen-bond donors (Lipinski definition) is 2. The molecule has 1 aliphatic carbocycles. The summed E-state index contributed by atoms with van der Waals surface area (Å²) in [5.74, 6) is 1.57. The smallest absolute Gasteiger partial charge is 0.142 e. The van der Waals surface area contributed by atoms with Crippen LogP contribution in [0, 0.1) is 5.41 Å². The Morgan fingerprint density at radius 2 is 2.00 bits per heavy atom. The number of methoxy groups -OCH3 is 2. The lowest BCUT2D eigenvalue weighted by Crippen LogP contribution is -2.56. The first-order valence-electron chi connectivity index (χ1n) is 6.15. The third-order valence-corrected chi connectivity index (χ3v) is 3.95. The summed E-state index contributed by atoms with van der Waals surface area (Å²) in [4.78, 5) is 0. The van der Waals surface area contributed by atoms with Gasteiger partial charge < -0.3 is 19.9 Å². The summed E-state index contributed by atoms with van der Waals surface area (Å²) in [5, 5.41) is 13.2. The van der Waals surface area contributed by atoms with Gasteiger partial charge in [-0.15, -0.1) is 0 Å². The van der Waals surface area contributed by atoms with Gasteiger partial charge in [0.25, 0.3) is 0 Å². The van der Waals surface area contributed by atoms with Crippen molar-refractivity contribution in [3.8, 4) is 11.5 Å². The molecule has 0 spiro atoms. The molecule has 2 rings (SSSR count). The minimum atomic E-state index is -0.244. The van der Waals surface area contributed by atoms with E-state index in [2.05, 4.69) is 19.2 Å². The molecule has 100 valence electrons. The largest absolute Gasteiger partial charge is 0.497 e. The van der Waals surface area contributed by atoms with E-state index in [9.17, 15) is 5.11 Å². The number of aliphatic hydroxyl groups is 1. The van der Waals surface area contributed by atoms with Gasteiger partial charge in [-0.05, 0) is 18.6 Å². The molecule has 2 N–H and O–H groups in total. The van der Waals surface area contributed by atoms with Crippen molar-refractivity contribution in [2.75, 3.05) is 19.5 Å². The molecule has 2 atom stereocenters. The SMILES string of the molecule is COc1ccc(OC)c(NC2CC(O)C2(C)C)c1. The number of anilines is 1. The second-order valence-electron chi connectivity index (χ2n) is 5.34. The van der Waals surface area contributed by atoms with E-state index in [1.165, 1.54) is 0 Å². The van der Waals surface area contributed by atoms with Gasteiger partial charge in [0, 0.05) is 17.5 Å². The Balaban J connectivity index is 2.18. The first-order chi connectivity index (χ1) is 8.48. The second kappa shape index (κ2) is 4.69. The maximum atomic E-state index is 9.76. The quantitative estimate of drug-likeness (QED) is 0.862. The molecule has 1 fully saturated rings. The van der Waals surface area contributed by atoms with E-state index < -0.39 is 0 Å². The average Bonchev–Trinajstić information content (AvgIpc) is 2.38. The van der Waals surface area contributed by atoms with Crippen molar-refractivity contribution in [3.63, 3.8) is 0 Å². The number of rotatable bonds is 4. The van der Waals surface area contributed by atoms with E-state index >= 15 is 0 Å². The lowest BCUT2D eigenvalue weighted by atomic mass is 9.64. The number of benzene rings is 1. The Morgan fingerprint density at radius 1 is 1.28 bits per heavy atom. The van der Waals surface area contributed by atoms with Crippen molar-refractivity contribution < 1.29 is 14.6 Å². The van der Waals surface area contributed by atoms with E-state index in [4.69, 9.17) is 9.47 Å². The lowest BCUT2D eigenvalue weighted by Gasteiger charge is -2.50. The molecular weight excluding hydrogens is 230 g/mol. The van der Waals surface area contributed by atoms with Gasteiger partial charge in [0.15, 0.2) is 0 Å². The molecule has 4 nitrogen and oxygen atoms in total. The molecule has 4 heteroatoms. The van der Waals surface area contributed by atoms with Crippen molar-refractivity contribution in [1.29, 1.82) is 0 Å². The van der Waals surface area contributed by atoms with Crippen molar-refractivity contribution in [3.05, 3.63) is 18.2 Å².